The summed E-state index contributed by atoms with van der Waals surface area (Å²) in [6, 6.07) is 4.63. The number of oxazole rings is 1. The van der Waals surface area contributed by atoms with Crippen LogP contribution in [0.2, 0.25) is 0 Å². The number of fused-ring (bicyclic) bond motifs is 1. The van der Waals surface area contributed by atoms with Gasteiger partial charge in [-0.2, -0.15) is 18.3 Å². The zero-order valence-corrected chi connectivity index (χ0v) is 23.1. The highest BCUT2D eigenvalue weighted by atomic mass is 19.4. The molecule has 12 heteroatoms. The van der Waals surface area contributed by atoms with E-state index in [1.54, 1.807) is 19.2 Å². The number of nitrogens with zero attached hydrogens (tertiary/aromatic N) is 5. The first-order chi connectivity index (χ1) is 19.2. The van der Waals surface area contributed by atoms with Crippen LogP contribution in [0.5, 0.6) is 0 Å². The largest absolute Gasteiger partial charge is 0.443 e. The highest BCUT2D eigenvalue weighted by Gasteiger charge is 2.52. The summed E-state index contributed by atoms with van der Waals surface area (Å²) in [4.78, 5) is 13.5. The van der Waals surface area contributed by atoms with E-state index in [1.165, 1.54) is 30.7 Å². The van der Waals surface area contributed by atoms with Crippen molar-refractivity contribution >= 4 is 0 Å². The molecule has 1 N–H and O–H groups in total. The molecule has 0 saturated heterocycles. The van der Waals surface area contributed by atoms with Gasteiger partial charge in [-0.15, -0.1) is 5.10 Å². The lowest BCUT2D eigenvalue weighted by Crippen LogP contribution is -2.47. The number of halogens is 5. The maximum absolute atomic E-state index is 14.6. The summed E-state index contributed by atoms with van der Waals surface area (Å²) < 4.78 is 72.6. The normalized spacial score (nSPS) is 21.0. The highest BCUT2D eigenvalue weighted by Crippen LogP contribution is 2.56. The van der Waals surface area contributed by atoms with Crippen LogP contribution in [0, 0.1) is 17.0 Å². The summed E-state index contributed by atoms with van der Waals surface area (Å²) in [5.41, 5.74) is 1.20. The SMILES string of the molecule is C[C@@H]1CC(C)(C)[C@@](C)(c2cncc(-c3nc([C@H](C)NCC(F)(F)F)co3)n2)c2nnc(-c3c(F)cccc3F)cc21. The highest BCUT2D eigenvalue weighted by molar-refractivity contribution is 5.62. The Bertz CT molecular complexity index is 1570. The molecule has 0 bridgehead atoms. The fourth-order valence-electron chi connectivity index (χ4n) is 5.59. The molecule has 0 amide bonds. The van der Waals surface area contributed by atoms with E-state index in [9.17, 15) is 22.0 Å². The third-order valence-electron chi connectivity index (χ3n) is 8.16. The minimum Gasteiger partial charge on any atom is -0.443 e. The molecule has 0 unspecified atom stereocenters. The molecule has 1 aromatic carbocycles. The van der Waals surface area contributed by atoms with Crippen LogP contribution in [0.3, 0.4) is 0 Å². The Labute approximate surface area is 233 Å². The maximum Gasteiger partial charge on any atom is 0.401 e. The number of aromatic nitrogens is 5. The lowest BCUT2D eigenvalue weighted by molar-refractivity contribution is -0.126. The second kappa shape index (κ2) is 10.2. The summed E-state index contributed by atoms with van der Waals surface area (Å²) in [5.74, 6) is -1.33. The lowest BCUT2D eigenvalue weighted by atomic mass is 9.54. The van der Waals surface area contributed by atoms with E-state index in [0.29, 0.717) is 29.2 Å². The minimum absolute atomic E-state index is 0.00767. The van der Waals surface area contributed by atoms with E-state index < -0.39 is 41.2 Å². The van der Waals surface area contributed by atoms with Crippen LogP contribution in [0.25, 0.3) is 22.8 Å². The van der Waals surface area contributed by atoms with Crippen LogP contribution in [0.1, 0.15) is 75.6 Å². The van der Waals surface area contributed by atoms with Gasteiger partial charge in [0.2, 0.25) is 5.89 Å². The Hall–Kier alpha value is -3.80. The molecule has 0 fully saturated rings. The molecule has 1 aliphatic carbocycles. The van der Waals surface area contributed by atoms with Gasteiger partial charge in [-0.25, -0.2) is 18.7 Å². The minimum atomic E-state index is -4.36. The fraction of sp³-hybridized carbons (Fsp3) is 0.414. The molecular weight excluding hydrogens is 543 g/mol. The molecule has 0 aliphatic heterocycles. The number of benzene rings is 1. The summed E-state index contributed by atoms with van der Waals surface area (Å²) in [5, 5.41) is 11.2. The second-order valence-corrected chi connectivity index (χ2v) is 11.3. The van der Waals surface area contributed by atoms with E-state index in [1.807, 2.05) is 13.8 Å². The van der Waals surface area contributed by atoms with E-state index in [4.69, 9.17) is 9.40 Å². The van der Waals surface area contributed by atoms with Crippen LogP contribution >= 0.6 is 0 Å². The first-order valence-corrected chi connectivity index (χ1v) is 13.1. The van der Waals surface area contributed by atoms with Gasteiger partial charge in [0.1, 0.15) is 23.6 Å². The van der Waals surface area contributed by atoms with Crippen LogP contribution in [0.4, 0.5) is 22.0 Å². The molecular formula is C29H29F5N6O. The van der Waals surface area contributed by atoms with Crippen LogP contribution in [-0.4, -0.2) is 37.9 Å². The Morgan fingerprint density at radius 1 is 1.05 bits per heavy atom. The van der Waals surface area contributed by atoms with Crippen molar-refractivity contribution in [2.45, 2.75) is 64.6 Å². The molecule has 0 saturated carbocycles. The zero-order valence-electron chi connectivity index (χ0n) is 23.1. The Balaban J connectivity index is 1.54. The van der Waals surface area contributed by atoms with Gasteiger partial charge in [-0.3, -0.25) is 4.98 Å². The molecule has 3 atom stereocenters. The van der Waals surface area contributed by atoms with Crippen LogP contribution in [-0.2, 0) is 5.41 Å². The molecule has 216 valence electrons. The molecule has 3 heterocycles. The Kier molecular flexibility index (Phi) is 7.17. The van der Waals surface area contributed by atoms with E-state index in [2.05, 4.69) is 39.3 Å². The number of hydrogen-bond acceptors (Lipinski definition) is 7. The lowest BCUT2D eigenvalue weighted by Gasteiger charge is -2.49. The Morgan fingerprint density at radius 2 is 1.76 bits per heavy atom. The summed E-state index contributed by atoms with van der Waals surface area (Å²) in [6.45, 7) is 8.58. The number of nitrogens with one attached hydrogen (secondary N) is 1. The van der Waals surface area contributed by atoms with Gasteiger partial charge in [0, 0.05) is 6.20 Å². The van der Waals surface area contributed by atoms with Crippen molar-refractivity contribution in [2.75, 3.05) is 6.54 Å². The van der Waals surface area contributed by atoms with Crippen molar-refractivity contribution in [3.8, 4) is 22.8 Å². The smallest absolute Gasteiger partial charge is 0.401 e. The standard InChI is InChI=1S/C29H29F5N6O/c1-15-10-27(3,4)28(5,25-17(15)9-20(39-40-25)24-18(30)7-6-8-19(24)31)23-12-35-11-21(37-23)26-38-22(13-41-26)16(2)36-14-29(32,33)34/h6-9,11-13,15-16,36H,10,14H2,1-5H3/t15-,16+,28+/m1/s1. The third kappa shape index (κ3) is 5.20. The van der Waals surface area contributed by atoms with E-state index >= 15 is 0 Å². The van der Waals surface area contributed by atoms with Gasteiger partial charge >= 0.3 is 6.18 Å². The molecule has 3 aromatic heterocycles. The van der Waals surface area contributed by atoms with Gasteiger partial charge in [-0.05, 0) is 55.4 Å². The second-order valence-electron chi connectivity index (χ2n) is 11.3. The predicted octanol–water partition coefficient (Wildman–Crippen LogP) is 6.92. The molecule has 1 aliphatic rings. The molecule has 4 aromatic rings. The maximum atomic E-state index is 14.6. The predicted molar refractivity (Wildman–Crippen MR) is 141 cm³/mol. The number of rotatable bonds is 6. The summed E-state index contributed by atoms with van der Waals surface area (Å²) in [7, 11) is 0. The first kappa shape index (κ1) is 28.7. The topological polar surface area (TPSA) is 89.6 Å². The average molecular weight is 573 g/mol. The van der Waals surface area contributed by atoms with Crippen LogP contribution < -0.4 is 5.32 Å². The van der Waals surface area contributed by atoms with E-state index in [0.717, 1.165) is 5.56 Å². The quantitative estimate of drug-likeness (QED) is 0.251. The number of alkyl halides is 3. The monoisotopic (exact) mass is 572 g/mol. The van der Waals surface area contributed by atoms with E-state index in [-0.39, 0.29) is 23.1 Å². The summed E-state index contributed by atoms with van der Waals surface area (Å²) >= 11 is 0. The molecule has 7 nitrogen and oxygen atoms in total. The molecule has 41 heavy (non-hydrogen) atoms. The van der Waals surface area contributed by atoms with Gasteiger partial charge < -0.3 is 9.73 Å². The molecule has 0 radical (unpaired) electrons. The molecule has 5 rings (SSSR count). The van der Waals surface area contributed by atoms with Gasteiger partial charge in [0.05, 0.1) is 52.5 Å². The Morgan fingerprint density at radius 3 is 2.44 bits per heavy atom. The third-order valence-corrected chi connectivity index (χ3v) is 8.16. The summed E-state index contributed by atoms with van der Waals surface area (Å²) in [6.07, 6.45) is 0.721. The zero-order chi connectivity index (χ0) is 29.7. The van der Waals surface area contributed by atoms with Gasteiger partial charge in [0.25, 0.3) is 0 Å². The molecule has 0 spiro atoms. The van der Waals surface area contributed by atoms with Crippen molar-refractivity contribution in [2.24, 2.45) is 5.41 Å². The van der Waals surface area contributed by atoms with Crippen molar-refractivity contribution in [3.63, 3.8) is 0 Å². The van der Waals surface area contributed by atoms with Crippen molar-refractivity contribution in [3.05, 3.63) is 77.2 Å². The van der Waals surface area contributed by atoms with Gasteiger partial charge in [-0.1, -0.05) is 26.8 Å². The van der Waals surface area contributed by atoms with Crippen molar-refractivity contribution < 1.29 is 26.4 Å². The van der Waals surface area contributed by atoms with Gasteiger partial charge in [0.15, 0.2) is 0 Å². The fourth-order valence-corrected chi connectivity index (χ4v) is 5.59. The average Bonchev–Trinajstić information content (AvgIpc) is 3.40. The van der Waals surface area contributed by atoms with Crippen molar-refractivity contribution in [1.82, 2.24) is 30.5 Å². The number of hydrogen-bond donors (Lipinski definition) is 1. The first-order valence-electron chi connectivity index (χ1n) is 13.1. The van der Waals surface area contributed by atoms with Crippen molar-refractivity contribution in [1.29, 1.82) is 0 Å². The van der Waals surface area contributed by atoms with Crippen LogP contribution in [0.15, 0.2) is 47.3 Å².